The molecule has 11 heteroatoms. The van der Waals surface area contributed by atoms with Crippen LogP contribution in [0.5, 0.6) is 5.75 Å². The highest BCUT2D eigenvalue weighted by molar-refractivity contribution is 7.19. The molecule has 1 aliphatic carbocycles. The third-order valence-corrected chi connectivity index (χ3v) is 8.22. The third kappa shape index (κ3) is 4.50. The molecule has 1 aliphatic rings. The zero-order valence-corrected chi connectivity index (χ0v) is 21.6. The van der Waals surface area contributed by atoms with E-state index in [0.717, 1.165) is 71.4 Å². The maximum atomic E-state index is 13.2. The number of ether oxygens (including phenoxy) is 1. The van der Waals surface area contributed by atoms with Crippen molar-refractivity contribution >= 4 is 49.9 Å². The number of carbonyl (C=O) groups is 1. The van der Waals surface area contributed by atoms with Crippen LogP contribution >= 0.6 is 11.3 Å². The maximum Gasteiger partial charge on any atom is 0.225 e. The normalized spacial score (nSPS) is 15.1. The second kappa shape index (κ2) is 9.81. The first-order valence-electron chi connectivity index (χ1n) is 12.3. The van der Waals surface area contributed by atoms with Gasteiger partial charge in [-0.2, -0.15) is 5.10 Å². The number of carbonyl (C=O) groups excluding carboxylic acids is 1. The summed E-state index contributed by atoms with van der Waals surface area (Å²) in [4.78, 5) is 30.5. The lowest BCUT2D eigenvalue weighted by Crippen LogP contribution is -2.36. The van der Waals surface area contributed by atoms with Crippen molar-refractivity contribution in [1.82, 2.24) is 34.6 Å². The molecule has 6 rings (SSSR count). The summed E-state index contributed by atoms with van der Waals surface area (Å²) in [5, 5.41) is 12.6. The molecule has 1 amide bonds. The van der Waals surface area contributed by atoms with Gasteiger partial charge >= 0.3 is 0 Å². The van der Waals surface area contributed by atoms with Gasteiger partial charge in [-0.15, -0.1) is 11.3 Å². The Bertz CT molecular complexity index is 1560. The van der Waals surface area contributed by atoms with Gasteiger partial charge in [-0.3, -0.25) is 9.89 Å². The number of hydrogen-bond donors (Lipinski definition) is 2. The van der Waals surface area contributed by atoms with Crippen molar-refractivity contribution in [2.45, 2.75) is 32.2 Å². The lowest BCUT2D eigenvalue weighted by molar-refractivity contribution is -0.134. The molecule has 0 saturated heterocycles. The minimum absolute atomic E-state index is 0.00762. The highest BCUT2D eigenvalue weighted by atomic mass is 32.1. The van der Waals surface area contributed by atoms with E-state index in [1.165, 1.54) is 10.4 Å². The molecule has 1 atom stereocenters. The number of anilines is 2. The fourth-order valence-electron chi connectivity index (χ4n) is 5.11. The zero-order chi connectivity index (χ0) is 25.4. The Morgan fingerprint density at radius 1 is 1.35 bits per heavy atom. The zero-order valence-electron chi connectivity index (χ0n) is 20.8. The summed E-state index contributed by atoms with van der Waals surface area (Å²) in [6, 6.07) is 3.93. The quantitative estimate of drug-likeness (QED) is 0.318. The number of aromatic amines is 1. The van der Waals surface area contributed by atoms with Crippen molar-refractivity contribution in [3.63, 3.8) is 0 Å². The van der Waals surface area contributed by atoms with Crippen LogP contribution in [0, 0.1) is 5.92 Å². The second-order valence-corrected chi connectivity index (χ2v) is 10.5. The molecule has 190 valence electrons. The third-order valence-electron chi connectivity index (χ3n) is 7.05. The van der Waals surface area contributed by atoms with E-state index in [2.05, 4.69) is 30.5 Å². The molecular weight excluding hydrogens is 488 g/mol. The maximum absolute atomic E-state index is 13.2. The first kappa shape index (κ1) is 23.4. The minimum atomic E-state index is -0.00762. The summed E-state index contributed by atoms with van der Waals surface area (Å²) < 4.78 is 7.65. The lowest BCUT2D eigenvalue weighted by atomic mass is 9.87. The molecule has 0 unspecified atom stereocenters. The number of aromatic nitrogens is 6. The number of hydrogen-bond acceptors (Lipinski definition) is 8. The van der Waals surface area contributed by atoms with Gasteiger partial charge in [0.05, 0.1) is 36.2 Å². The summed E-state index contributed by atoms with van der Waals surface area (Å²) >= 11 is 1.67. The van der Waals surface area contributed by atoms with E-state index in [1.807, 2.05) is 41.2 Å². The molecular formula is C26H28N8O2S. The number of rotatable bonds is 8. The predicted molar refractivity (Wildman–Crippen MR) is 143 cm³/mol. The van der Waals surface area contributed by atoms with Crippen LogP contribution in [-0.2, 0) is 24.2 Å². The Labute approximate surface area is 217 Å². The smallest absolute Gasteiger partial charge is 0.225 e. The molecule has 4 heterocycles. The standard InChI is InChI=1S/C26H28N8O2S/c1-33(7-3-8-34-9-6-27-15-34)26(35)16-4-5-18-22(11-16)37-25-23(18)24(28-14-29-25)31-20-10-17-13-30-32-19(17)12-21(20)36-2/h6,9-10,12-16H,3-5,7-8,11H2,1-2H3,(H,30,32)(H,28,29,31)/t16-/m0/s1. The summed E-state index contributed by atoms with van der Waals surface area (Å²) in [6.07, 6.45) is 12.2. The summed E-state index contributed by atoms with van der Waals surface area (Å²) in [5.41, 5.74) is 2.97. The summed E-state index contributed by atoms with van der Waals surface area (Å²) in [6.45, 7) is 1.59. The average molecular weight is 517 g/mol. The van der Waals surface area contributed by atoms with E-state index in [0.29, 0.717) is 5.75 Å². The number of aryl methyl sites for hydroxylation is 2. The number of imidazole rings is 1. The van der Waals surface area contributed by atoms with Crippen molar-refractivity contribution in [2.75, 3.05) is 26.0 Å². The van der Waals surface area contributed by atoms with Gasteiger partial charge in [0, 0.05) is 54.8 Å². The Morgan fingerprint density at radius 3 is 3.11 bits per heavy atom. The monoisotopic (exact) mass is 516 g/mol. The van der Waals surface area contributed by atoms with Crippen molar-refractivity contribution in [2.24, 2.45) is 5.92 Å². The Kier molecular flexibility index (Phi) is 6.21. The topological polar surface area (TPSA) is 114 Å². The van der Waals surface area contributed by atoms with Crippen molar-refractivity contribution < 1.29 is 9.53 Å². The lowest BCUT2D eigenvalue weighted by Gasteiger charge is -2.27. The largest absolute Gasteiger partial charge is 0.494 e. The predicted octanol–water partition coefficient (Wildman–Crippen LogP) is 4.17. The first-order valence-corrected chi connectivity index (χ1v) is 13.2. The molecule has 0 radical (unpaired) electrons. The molecule has 4 aromatic heterocycles. The van der Waals surface area contributed by atoms with E-state index in [-0.39, 0.29) is 11.8 Å². The average Bonchev–Trinajstić information content (AvgIpc) is 3.67. The van der Waals surface area contributed by atoms with Gasteiger partial charge in [0.15, 0.2) is 0 Å². The van der Waals surface area contributed by atoms with Gasteiger partial charge in [-0.05, 0) is 37.3 Å². The molecule has 5 aromatic rings. The number of methoxy groups -OCH3 is 1. The minimum Gasteiger partial charge on any atom is -0.494 e. The van der Waals surface area contributed by atoms with E-state index >= 15 is 0 Å². The summed E-state index contributed by atoms with van der Waals surface area (Å²) in [5.74, 6) is 1.67. The highest BCUT2D eigenvalue weighted by Crippen LogP contribution is 2.41. The van der Waals surface area contributed by atoms with Gasteiger partial charge < -0.3 is 19.5 Å². The van der Waals surface area contributed by atoms with Crippen LogP contribution < -0.4 is 10.1 Å². The van der Waals surface area contributed by atoms with Crippen LogP contribution in [0.2, 0.25) is 0 Å². The van der Waals surface area contributed by atoms with Crippen LogP contribution in [0.3, 0.4) is 0 Å². The number of nitrogens with one attached hydrogen (secondary N) is 2. The Morgan fingerprint density at radius 2 is 2.27 bits per heavy atom. The molecule has 0 bridgehead atoms. The number of H-pyrrole nitrogens is 1. The molecule has 0 fully saturated rings. The first-order chi connectivity index (χ1) is 18.1. The Balaban J connectivity index is 1.20. The van der Waals surface area contributed by atoms with Crippen LogP contribution in [-0.4, -0.2) is 61.2 Å². The molecule has 0 spiro atoms. The van der Waals surface area contributed by atoms with Crippen molar-refractivity contribution in [3.8, 4) is 5.75 Å². The molecule has 0 saturated carbocycles. The van der Waals surface area contributed by atoms with Gasteiger partial charge in [-0.1, -0.05) is 0 Å². The summed E-state index contributed by atoms with van der Waals surface area (Å²) in [7, 11) is 3.56. The molecule has 37 heavy (non-hydrogen) atoms. The number of amides is 1. The van der Waals surface area contributed by atoms with Gasteiger partial charge in [0.25, 0.3) is 0 Å². The van der Waals surface area contributed by atoms with Gasteiger partial charge in [-0.25, -0.2) is 15.0 Å². The SMILES string of the molecule is COc1cc2[nH]ncc2cc1Nc1ncnc2sc3c(c12)CC[C@H](C(=O)N(C)CCCn1ccnc1)C3. The van der Waals surface area contributed by atoms with Crippen LogP contribution in [0.25, 0.3) is 21.1 Å². The van der Waals surface area contributed by atoms with Crippen LogP contribution in [0.4, 0.5) is 11.5 Å². The fourth-order valence-corrected chi connectivity index (χ4v) is 6.38. The fraction of sp³-hybridized carbons (Fsp3) is 0.346. The van der Waals surface area contributed by atoms with Gasteiger partial charge in [0.1, 0.15) is 22.7 Å². The molecule has 1 aromatic carbocycles. The van der Waals surface area contributed by atoms with E-state index in [4.69, 9.17) is 4.74 Å². The van der Waals surface area contributed by atoms with Crippen LogP contribution in [0.1, 0.15) is 23.3 Å². The van der Waals surface area contributed by atoms with E-state index in [9.17, 15) is 4.79 Å². The molecule has 0 aliphatic heterocycles. The highest BCUT2D eigenvalue weighted by Gasteiger charge is 2.30. The molecule has 2 N–H and O–H groups in total. The molecule has 10 nitrogen and oxygen atoms in total. The van der Waals surface area contributed by atoms with Crippen molar-refractivity contribution in [1.29, 1.82) is 0 Å². The Hall–Kier alpha value is -3.99. The van der Waals surface area contributed by atoms with Crippen molar-refractivity contribution in [3.05, 3.63) is 53.8 Å². The number of thiophene rings is 1. The number of benzene rings is 1. The second-order valence-electron chi connectivity index (χ2n) is 9.39. The van der Waals surface area contributed by atoms with E-state index < -0.39 is 0 Å². The van der Waals surface area contributed by atoms with Crippen LogP contribution in [0.15, 0.2) is 43.4 Å². The number of fused-ring (bicyclic) bond motifs is 4. The number of nitrogens with zero attached hydrogens (tertiary/aromatic N) is 6. The van der Waals surface area contributed by atoms with E-state index in [1.54, 1.807) is 37.2 Å². The van der Waals surface area contributed by atoms with Gasteiger partial charge in [0.2, 0.25) is 5.91 Å².